The van der Waals surface area contributed by atoms with E-state index < -0.39 is 17.6 Å². The highest BCUT2D eigenvalue weighted by Crippen LogP contribution is 2.50. The summed E-state index contributed by atoms with van der Waals surface area (Å²) in [4.78, 5) is 36.3. The number of benzene rings is 9. The first kappa shape index (κ1) is 65.6. The van der Waals surface area contributed by atoms with E-state index in [9.17, 15) is 53.1 Å². The summed E-state index contributed by atoms with van der Waals surface area (Å²) in [5.74, 6) is 3.45. The maximum absolute atomic E-state index is 13.0. The number of aromatic hydroxyl groups is 5. The second-order valence-corrected chi connectivity index (χ2v) is 23.7. The molecule has 12 aromatic rings. The fourth-order valence-electron chi connectivity index (χ4n) is 9.23. The number of phenolic OH excluding ortho intramolecular Hbond substituents is 5. The normalized spacial score (nSPS) is 11.4. The van der Waals surface area contributed by atoms with Crippen LogP contribution in [0.2, 0.25) is 0 Å². The summed E-state index contributed by atoms with van der Waals surface area (Å²) < 4.78 is 60.1. The highest BCUT2D eigenvalue weighted by atomic mass is 32.1. The Labute approximate surface area is 547 Å². The minimum absolute atomic E-state index is 0.0847. The van der Waals surface area contributed by atoms with Gasteiger partial charge in [0.1, 0.15) is 46.0 Å². The number of amides is 3. The first-order valence-electron chi connectivity index (χ1n) is 28.6. The van der Waals surface area contributed by atoms with Gasteiger partial charge in [-0.25, -0.2) is 0 Å². The van der Waals surface area contributed by atoms with Gasteiger partial charge in [0, 0.05) is 62.1 Å². The number of aliphatic hydroxyl groups is 1. The average Bonchev–Trinajstić information content (AvgIpc) is 1.63. The molecule has 0 fully saturated rings. The number of hydrogen-bond acceptors (Lipinski definition) is 15. The molecular formula is C73H56F3N3O12S3. The van der Waals surface area contributed by atoms with E-state index in [1.807, 2.05) is 84.9 Å². The first-order valence-corrected chi connectivity index (χ1v) is 31.0. The summed E-state index contributed by atoms with van der Waals surface area (Å²) in [7, 11) is 1.54. The van der Waals surface area contributed by atoms with Crippen molar-refractivity contribution in [3.8, 4) is 94.6 Å². The van der Waals surface area contributed by atoms with Gasteiger partial charge in [0.15, 0.2) is 17.2 Å². The van der Waals surface area contributed by atoms with Crippen LogP contribution in [-0.4, -0.2) is 68.6 Å². The van der Waals surface area contributed by atoms with Gasteiger partial charge in [0.2, 0.25) is 17.7 Å². The summed E-state index contributed by atoms with van der Waals surface area (Å²) in [5, 5.41) is 65.1. The minimum Gasteiger partial charge on any atom is -0.508 e. The maximum atomic E-state index is 13.0. The van der Waals surface area contributed by atoms with Crippen LogP contribution in [0.3, 0.4) is 0 Å². The van der Waals surface area contributed by atoms with Crippen LogP contribution in [0.15, 0.2) is 218 Å². The Morgan fingerprint density at radius 2 is 0.766 bits per heavy atom. The van der Waals surface area contributed by atoms with Crippen LogP contribution in [0.5, 0.6) is 63.2 Å². The van der Waals surface area contributed by atoms with Gasteiger partial charge in [-0.3, -0.25) is 14.4 Å². The monoisotopic (exact) mass is 1320 g/mol. The lowest BCUT2D eigenvalue weighted by Crippen LogP contribution is -2.24. The molecule has 10 N–H and O–H groups in total. The third-order valence-corrected chi connectivity index (χ3v) is 17.4. The number of rotatable bonds is 17. The van der Waals surface area contributed by atoms with Gasteiger partial charge in [-0.05, 0) is 203 Å². The fourth-order valence-corrected chi connectivity index (χ4v) is 12.7. The number of nitrogens with one attached hydrogen (secondary N) is 2. The number of hydrogen-bond donors (Lipinski definition) is 9. The molecule has 3 heterocycles. The summed E-state index contributed by atoms with van der Waals surface area (Å²) in [5.41, 5.74) is 9.22. The van der Waals surface area contributed by atoms with Crippen molar-refractivity contribution in [1.82, 2.24) is 10.6 Å². The molecule has 0 unspecified atom stereocenters. The Morgan fingerprint density at radius 1 is 0.447 bits per heavy atom. The predicted octanol–water partition coefficient (Wildman–Crippen LogP) is 17.0. The van der Waals surface area contributed by atoms with E-state index in [1.54, 1.807) is 110 Å². The number of aliphatic hydroxyl groups excluding tert-OH is 1. The molecule has 3 aromatic heterocycles. The zero-order chi connectivity index (χ0) is 66.5. The van der Waals surface area contributed by atoms with Crippen molar-refractivity contribution in [2.24, 2.45) is 5.73 Å². The third kappa shape index (κ3) is 16.8. The number of nitrogens with two attached hydrogens (primary N) is 1. The van der Waals surface area contributed by atoms with E-state index >= 15 is 0 Å². The lowest BCUT2D eigenvalue weighted by molar-refractivity contribution is -0.137. The van der Waals surface area contributed by atoms with Crippen molar-refractivity contribution in [2.45, 2.75) is 6.18 Å². The number of alkyl halides is 3. The summed E-state index contributed by atoms with van der Waals surface area (Å²) in [6.07, 6.45) is 4.69. The highest BCUT2D eigenvalue weighted by Gasteiger charge is 2.30. The minimum atomic E-state index is -4.42. The Hall–Kier alpha value is -11.4. The molecule has 3 amide bonds. The fraction of sp³-hybridized carbons (Fsp3) is 0.0548. The van der Waals surface area contributed by atoms with Gasteiger partial charge >= 0.3 is 6.18 Å². The molecule has 0 saturated heterocycles. The van der Waals surface area contributed by atoms with E-state index in [4.69, 9.17) is 25.1 Å². The molecule has 0 atom stereocenters. The molecule has 474 valence electrons. The number of carbonyl (C=O) groups is 3. The molecule has 0 aliphatic rings. The molecule has 0 saturated carbocycles. The Bertz CT molecular complexity index is 4760. The van der Waals surface area contributed by atoms with E-state index in [0.717, 1.165) is 80.0 Å². The van der Waals surface area contributed by atoms with E-state index in [2.05, 4.69) is 10.6 Å². The number of ether oxygens (including phenoxy) is 3. The number of fused-ring (bicyclic) bond motifs is 3. The maximum Gasteiger partial charge on any atom is 0.416 e. The van der Waals surface area contributed by atoms with Crippen LogP contribution in [0, 0.1) is 0 Å². The highest BCUT2D eigenvalue weighted by molar-refractivity contribution is 7.23. The van der Waals surface area contributed by atoms with Crippen molar-refractivity contribution in [2.75, 3.05) is 20.2 Å². The summed E-state index contributed by atoms with van der Waals surface area (Å²) in [6, 6.07) is 55.5. The molecule has 15 nitrogen and oxygen atoms in total. The molecule has 94 heavy (non-hydrogen) atoms. The van der Waals surface area contributed by atoms with Gasteiger partial charge < -0.3 is 61.2 Å². The van der Waals surface area contributed by atoms with Gasteiger partial charge in [0.05, 0.1) is 26.8 Å². The Morgan fingerprint density at radius 3 is 1.09 bits per heavy atom. The lowest BCUT2D eigenvalue weighted by atomic mass is 10.1. The number of thiophene rings is 3. The van der Waals surface area contributed by atoms with Gasteiger partial charge in [-0.2, -0.15) is 13.2 Å². The standard InChI is InChI=1S/C25H18F3NO3S.C25H21NO5S.C23H17NO4S/c1-29-22(31)13-4-15-2-10-19(11-3-15)32-23-20-12-9-18(30)14-21(20)33-24(23)16-5-7-17(8-6-16)25(26,27)28;27-14-13-26-23(30)12-3-16-1-9-20(10-2-16)31-24-21-11-8-19(29)15-22(21)32-25(24)17-4-6-18(28)7-5-17;24-21(27)12-3-14-1-9-18(10-2-14)28-22-19-11-8-17(26)13-20(19)29-23(22)15-4-6-16(25)7-5-15/h2-14,30H,1H3,(H,29,31);1-12,15,27-29H,13-14H2,(H,26,30);1-13,25-26H,(H2,24,27)/b13-4+;2*12-3+. The number of primary amides is 1. The summed E-state index contributed by atoms with van der Waals surface area (Å²) >= 11 is 4.32. The SMILES string of the molecule is CNC(=O)/C=C/c1ccc(Oc2c(-c3ccc(C(F)(F)F)cc3)sc3cc(O)ccc23)cc1.NC(=O)/C=C/c1ccc(Oc2c(-c3ccc(O)cc3)sc3cc(O)ccc23)cc1.O=C(/C=C/c1ccc(Oc2c(-c3ccc(O)cc3)sc3cc(O)ccc23)cc1)NCCO. The van der Waals surface area contributed by atoms with E-state index in [0.29, 0.717) is 44.9 Å². The van der Waals surface area contributed by atoms with Crippen LogP contribution in [0.1, 0.15) is 22.3 Å². The largest absolute Gasteiger partial charge is 0.508 e. The zero-order valence-corrected chi connectivity index (χ0v) is 51.9. The molecule has 0 radical (unpaired) electrons. The smallest absolute Gasteiger partial charge is 0.416 e. The zero-order valence-electron chi connectivity index (χ0n) is 49.5. The average molecular weight is 1320 g/mol. The van der Waals surface area contributed by atoms with Crippen LogP contribution >= 0.6 is 34.0 Å². The summed E-state index contributed by atoms with van der Waals surface area (Å²) in [6.45, 7) is 0.111. The molecule has 12 rings (SSSR count). The van der Waals surface area contributed by atoms with Gasteiger partial charge in [-0.1, -0.05) is 48.5 Å². The lowest BCUT2D eigenvalue weighted by Gasteiger charge is -2.10. The second kappa shape index (κ2) is 29.7. The Kier molecular flexibility index (Phi) is 20.7. The molecular weight excluding hydrogens is 1260 g/mol. The van der Waals surface area contributed by atoms with Gasteiger partial charge in [0.25, 0.3) is 0 Å². The Balaban J connectivity index is 0.000000154. The van der Waals surface area contributed by atoms with Crippen LogP contribution in [0.4, 0.5) is 13.2 Å². The molecule has 0 spiro atoms. The van der Waals surface area contributed by atoms with Crippen molar-refractivity contribution in [3.63, 3.8) is 0 Å². The predicted molar refractivity (Wildman–Crippen MR) is 365 cm³/mol. The topological polar surface area (TPSA) is 250 Å². The molecule has 0 aliphatic heterocycles. The second-order valence-electron chi connectivity index (χ2n) is 20.5. The van der Waals surface area contributed by atoms with Gasteiger partial charge in [-0.15, -0.1) is 34.0 Å². The van der Waals surface area contributed by atoms with E-state index in [-0.39, 0.29) is 53.7 Å². The van der Waals surface area contributed by atoms with Crippen LogP contribution in [-0.2, 0) is 20.6 Å². The number of carbonyl (C=O) groups excluding carboxylic acids is 3. The van der Waals surface area contributed by atoms with Crippen molar-refractivity contribution in [1.29, 1.82) is 0 Å². The van der Waals surface area contributed by atoms with Crippen LogP contribution < -0.4 is 30.6 Å². The molecule has 0 bridgehead atoms. The molecule has 0 aliphatic carbocycles. The first-order chi connectivity index (χ1) is 45.3. The van der Waals surface area contributed by atoms with Crippen LogP contribution in [0.25, 0.3) is 79.8 Å². The quantitative estimate of drug-likeness (QED) is 0.0386. The van der Waals surface area contributed by atoms with Crippen molar-refractivity contribution >= 4 is 100 Å². The number of likely N-dealkylation sites (N-methyl/N-ethyl adjacent to an activating group) is 1. The van der Waals surface area contributed by atoms with E-state index in [1.165, 1.54) is 70.4 Å². The van der Waals surface area contributed by atoms with Crippen molar-refractivity contribution in [3.05, 3.63) is 241 Å². The third-order valence-electron chi connectivity index (χ3n) is 13.9. The number of phenols is 5. The molecule has 21 heteroatoms. The molecule has 9 aromatic carbocycles. The number of halogens is 3. The van der Waals surface area contributed by atoms with Crippen molar-refractivity contribution < 1.29 is 72.4 Å².